The van der Waals surface area contributed by atoms with E-state index in [9.17, 15) is 18.0 Å². The van der Waals surface area contributed by atoms with Gasteiger partial charge in [0.25, 0.3) is 0 Å². The van der Waals surface area contributed by atoms with E-state index in [1.807, 2.05) is 13.8 Å². The lowest BCUT2D eigenvalue weighted by atomic mass is 9.99. The molecule has 3 atom stereocenters. The van der Waals surface area contributed by atoms with Crippen molar-refractivity contribution in [1.82, 2.24) is 19.8 Å². The van der Waals surface area contributed by atoms with Crippen molar-refractivity contribution in [3.63, 3.8) is 0 Å². The third kappa shape index (κ3) is 5.94. The van der Waals surface area contributed by atoms with Gasteiger partial charge in [0.2, 0.25) is 15.9 Å². The van der Waals surface area contributed by atoms with Gasteiger partial charge >= 0.3 is 6.09 Å². The molecule has 3 rings (SSSR count). The molecule has 11 heteroatoms. The summed E-state index contributed by atoms with van der Waals surface area (Å²) in [4.78, 5) is 24.4. The van der Waals surface area contributed by atoms with Crippen molar-refractivity contribution in [3.05, 3.63) is 11.8 Å². The van der Waals surface area contributed by atoms with Crippen molar-refractivity contribution in [2.45, 2.75) is 64.0 Å². The summed E-state index contributed by atoms with van der Waals surface area (Å²) in [5.41, 5.74) is 0.891. The molecule has 0 aromatic carbocycles. The Balaban J connectivity index is 1.52. The molecule has 1 aliphatic heterocycles. The SMILES string of the molecule is CC(C)NC(=O)O[C@@H]1CC[C@H](c2cc(NC(=O)[C@@H]3CCCN(S(C)(=O)=O)C3)n[nH]2)C1. The minimum atomic E-state index is -3.30. The van der Waals surface area contributed by atoms with Crippen LogP contribution in [-0.4, -0.2) is 66.4 Å². The zero-order chi connectivity index (χ0) is 21.9. The lowest BCUT2D eigenvalue weighted by Crippen LogP contribution is -2.43. The number of carbonyl (C=O) groups is 2. The number of nitrogens with zero attached hydrogens (tertiary/aromatic N) is 2. The van der Waals surface area contributed by atoms with Gasteiger partial charge < -0.3 is 15.4 Å². The van der Waals surface area contributed by atoms with Gasteiger partial charge in [0.15, 0.2) is 5.82 Å². The van der Waals surface area contributed by atoms with Crippen LogP contribution in [0, 0.1) is 5.92 Å². The molecule has 1 saturated carbocycles. The Hall–Kier alpha value is -2.14. The highest BCUT2D eigenvalue weighted by molar-refractivity contribution is 7.88. The van der Waals surface area contributed by atoms with Crippen LogP contribution in [0.5, 0.6) is 0 Å². The van der Waals surface area contributed by atoms with Crippen LogP contribution in [0.1, 0.15) is 57.6 Å². The largest absolute Gasteiger partial charge is 0.446 e. The zero-order valence-electron chi connectivity index (χ0n) is 17.7. The van der Waals surface area contributed by atoms with E-state index in [0.29, 0.717) is 31.6 Å². The molecule has 2 heterocycles. The lowest BCUT2D eigenvalue weighted by Gasteiger charge is -2.29. The molecule has 2 aliphatic rings. The average Bonchev–Trinajstić information content (AvgIpc) is 3.29. The maximum atomic E-state index is 12.6. The van der Waals surface area contributed by atoms with Gasteiger partial charge in [-0.15, -0.1) is 0 Å². The molecule has 3 N–H and O–H groups in total. The highest BCUT2D eigenvalue weighted by Crippen LogP contribution is 2.36. The highest BCUT2D eigenvalue weighted by atomic mass is 32.2. The summed E-state index contributed by atoms with van der Waals surface area (Å²) in [6, 6.07) is 1.83. The quantitative estimate of drug-likeness (QED) is 0.616. The molecule has 0 unspecified atom stereocenters. The van der Waals surface area contributed by atoms with Gasteiger partial charge in [-0.2, -0.15) is 5.10 Å². The maximum absolute atomic E-state index is 12.6. The molecule has 2 fully saturated rings. The Morgan fingerprint density at radius 3 is 2.77 bits per heavy atom. The topological polar surface area (TPSA) is 133 Å². The summed E-state index contributed by atoms with van der Waals surface area (Å²) in [6.45, 7) is 4.41. The number of aromatic amines is 1. The predicted octanol–water partition coefficient (Wildman–Crippen LogP) is 1.79. The summed E-state index contributed by atoms with van der Waals surface area (Å²) >= 11 is 0. The number of hydrogen-bond acceptors (Lipinski definition) is 6. The molecule has 1 aromatic rings. The Kier molecular flexibility index (Phi) is 7.02. The molecule has 1 saturated heterocycles. The second-order valence-corrected chi connectivity index (χ2v) is 10.5. The van der Waals surface area contributed by atoms with Crippen LogP contribution < -0.4 is 10.6 Å². The van der Waals surface area contributed by atoms with Crippen LogP contribution in [0.2, 0.25) is 0 Å². The molecular weight excluding hydrogens is 410 g/mol. The first-order valence-electron chi connectivity index (χ1n) is 10.4. The molecule has 30 heavy (non-hydrogen) atoms. The van der Waals surface area contributed by atoms with E-state index in [1.165, 1.54) is 4.31 Å². The Bertz CT molecular complexity index is 868. The Labute approximate surface area is 177 Å². The van der Waals surface area contributed by atoms with Crippen molar-refractivity contribution in [2.75, 3.05) is 24.7 Å². The number of rotatable bonds is 6. The number of aromatic nitrogens is 2. The van der Waals surface area contributed by atoms with Crippen LogP contribution in [-0.2, 0) is 19.6 Å². The smallest absolute Gasteiger partial charge is 0.407 e. The molecule has 1 aromatic heterocycles. The fourth-order valence-electron chi connectivity index (χ4n) is 4.05. The fourth-order valence-corrected chi connectivity index (χ4v) is 4.96. The van der Waals surface area contributed by atoms with Crippen LogP contribution in [0.15, 0.2) is 6.07 Å². The third-order valence-corrected chi connectivity index (χ3v) is 6.85. The van der Waals surface area contributed by atoms with Crippen molar-refractivity contribution in [2.24, 2.45) is 5.92 Å². The minimum absolute atomic E-state index is 0.0298. The average molecular weight is 442 g/mol. The summed E-state index contributed by atoms with van der Waals surface area (Å²) < 4.78 is 30.3. The number of anilines is 1. The molecule has 1 aliphatic carbocycles. The number of H-pyrrole nitrogens is 1. The predicted molar refractivity (Wildman–Crippen MR) is 111 cm³/mol. The summed E-state index contributed by atoms with van der Waals surface area (Å²) in [7, 11) is -3.30. The summed E-state index contributed by atoms with van der Waals surface area (Å²) in [5, 5.41) is 12.7. The lowest BCUT2D eigenvalue weighted by molar-refractivity contribution is -0.120. The third-order valence-electron chi connectivity index (χ3n) is 5.58. The number of sulfonamides is 1. The molecule has 0 radical (unpaired) electrons. The molecule has 168 valence electrons. The standard InChI is InChI=1S/C19H31N5O5S/c1-12(2)20-19(26)29-15-7-6-13(9-15)16-10-17(23-22-16)21-18(25)14-5-4-8-24(11-14)30(3,27)28/h10,12-15H,4-9,11H2,1-3H3,(H,20,26)(H2,21,22,23,25)/t13-,14+,15+/m0/s1. The molecule has 0 spiro atoms. The van der Waals surface area contributed by atoms with E-state index in [0.717, 1.165) is 24.8 Å². The van der Waals surface area contributed by atoms with Crippen molar-refractivity contribution in [3.8, 4) is 0 Å². The van der Waals surface area contributed by atoms with E-state index in [1.54, 1.807) is 6.07 Å². The Morgan fingerprint density at radius 1 is 1.30 bits per heavy atom. The van der Waals surface area contributed by atoms with Gasteiger partial charge in [0.1, 0.15) is 6.10 Å². The molecule has 10 nitrogen and oxygen atoms in total. The van der Waals surface area contributed by atoms with Crippen LogP contribution in [0.3, 0.4) is 0 Å². The van der Waals surface area contributed by atoms with Gasteiger partial charge in [-0.25, -0.2) is 17.5 Å². The van der Waals surface area contributed by atoms with Crippen LogP contribution in [0.25, 0.3) is 0 Å². The number of ether oxygens (including phenoxy) is 1. The zero-order valence-corrected chi connectivity index (χ0v) is 18.5. The van der Waals surface area contributed by atoms with E-state index in [4.69, 9.17) is 4.74 Å². The van der Waals surface area contributed by atoms with Crippen LogP contribution in [0.4, 0.5) is 10.6 Å². The monoisotopic (exact) mass is 441 g/mol. The van der Waals surface area contributed by atoms with Gasteiger partial charge in [0, 0.05) is 36.8 Å². The van der Waals surface area contributed by atoms with Gasteiger partial charge in [-0.05, 0) is 46.0 Å². The highest BCUT2D eigenvalue weighted by Gasteiger charge is 2.32. The number of piperidine rings is 1. The van der Waals surface area contributed by atoms with Gasteiger partial charge in [0.05, 0.1) is 12.2 Å². The van der Waals surface area contributed by atoms with Gasteiger partial charge in [-0.1, -0.05) is 0 Å². The van der Waals surface area contributed by atoms with Crippen molar-refractivity contribution in [1.29, 1.82) is 0 Å². The molecule has 2 amide bonds. The Morgan fingerprint density at radius 2 is 2.07 bits per heavy atom. The molecule has 0 bridgehead atoms. The first-order chi connectivity index (χ1) is 14.1. The van der Waals surface area contributed by atoms with Crippen molar-refractivity contribution >= 4 is 27.8 Å². The number of hydrogen-bond donors (Lipinski definition) is 3. The number of carbonyl (C=O) groups excluding carboxylic acids is 2. The van der Waals surface area contributed by atoms with E-state index in [-0.39, 0.29) is 30.5 Å². The summed E-state index contributed by atoms with van der Waals surface area (Å²) in [5.74, 6) is -0.0134. The number of nitrogens with one attached hydrogen (secondary N) is 3. The van der Waals surface area contributed by atoms with Gasteiger partial charge in [-0.3, -0.25) is 9.89 Å². The normalized spacial score (nSPS) is 25.3. The first kappa shape index (κ1) is 22.5. The van der Waals surface area contributed by atoms with Crippen molar-refractivity contribution < 1.29 is 22.7 Å². The molecular formula is C19H31N5O5S. The van der Waals surface area contributed by atoms with Crippen LogP contribution >= 0.6 is 0 Å². The number of alkyl carbamates (subject to hydrolysis) is 1. The second-order valence-electron chi connectivity index (χ2n) is 8.49. The van der Waals surface area contributed by atoms with E-state index in [2.05, 4.69) is 20.8 Å². The van der Waals surface area contributed by atoms with E-state index >= 15 is 0 Å². The minimum Gasteiger partial charge on any atom is -0.446 e. The van der Waals surface area contributed by atoms with E-state index < -0.39 is 22.0 Å². The summed E-state index contributed by atoms with van der Waals surface area (Å²) in [6.07, 6.45) is 4.27. The second kappa shape index (κ2) is 9.34. The number of amides is 2. The maximum Gasteiger partial charge on any atom is 0.407 e. The first-order valence-corrected chi connectivity index (χ1v) is 12.2. The fraction of sp³-hybridized carbons (Fsp3) is 0.737.